The molecule has 8 heteroatoms. The van der Waals surface area contributed by atoms with Crippen LogP contribution in [0.5, 0.6) is 11.5 Å². The Morgan fingerprint density at radius 3 is 2.47 bits per heavy atom. The number of carbonyl (C=O) groups is 2. The molecule has 0 saturated heterocycles. The molecule has 34 heavy (non-hydrogen) atoms. The van der Waals surface area contributed by atoms with Gasteiger partial charge in [0.1, 0.15) is 6.61 Å². The summed E-state index contributed by atoms with van der Waals surface area (Å²) in [5.41, 5.74) is 6.44. The van der Waals surface area contributed by atoms with Gasteiger partial charge in [-0.2, -0.15) is 5.10 Å². The van der Waals surface area contributed by atoms with Crippen LogP contribution in [0.15, 0.2) is 70.2 Å². The van der Waals surface area contributed by atoms with Crippen LogP contribution >= 0.6 is 15.9 Å². The maximum Gasteiger partial charge on any atom is 0.329 e. The Bertz CT molecular complexity index is 1200. The Kier molecular flexibility index (Phi) is 8.81. The summed E-state index contributed by atoms with van der Waals surface area (Å²) in [7, 11) is 0. The minimum atomic E-state index is -0.872. The molecule has 0 aliphatic rings. The Hall–Kier alpha value is -3.65. The largest absolute Gasteiger partial charge is 0.490 e. The Labute approximate surface area is 207 Å². The van der Waals surface area contributed by atoms with Gasteiger partial charge in [0.25, 0.3) is 0 Å². The van der Waals surface area contributed by atoms with Crippen molar-refractivity contribution in [1.82, 2.24) is 5.43 Å². The monoisotopic (exact) mass is 523 g/mol. The molecule has 0 bridgehead atoms. The maximum absolute atomic E-state index is 12.2. The molecule has 176 valence electrons. The number of ether oxygens (including phenoxy) is 2. The summed E-state index contributed by atoms with van der Waals surface area (Å²) < 4.78 is 12.4. The molecule has 0 fully saturated rings. The van der Waals surface area contributed by atoms with Crippen molar-refractivity contribution in [3.8, 4) is 11.5 Å². The predicted octanol–water partition coefficient (Wildman–Crippen LogP) is 5.13. The first-order chi connectivity index (χ1) is 16.4. The van der Waals surface area contributed by atoms with E-state index < -0.39 is 11.8 Å². The van der Waals surface area contributed by atoms with E-state index >= 15 is 0 Å². The highest BCUT2D eigenvalue weighted by atomic mass is 79.9. The van der Waals surface area contributed by atoms with Crippen molar-refractivity contribution in [3.63, 3.8) is 0 Å². The molecule has 2 N–H and O–H groups in total. The number of hydrogen-bond acceptors (Lipinski definition) is 5. The molecule has 0 saturated carbocycles. The first kappa shape index (κ1) is 25.0. The summed E-state index contributed by atoms with van der Waals surface area (Å²) in [5.74, 6) is -0.569. The van der Waals surface area contributed by atoms with Crippen molar-refractivity contribution < 1.29 is 19.1 Å². The zero-order chi connectivity index (χ0) is 24.5. The molecule has 0 heterocycles. The topological polar surface area (TPSA) is 89.0 Å². The van der Waals surface area contributed by atoms with Crippen molar-refractivity contribution >= 4 is 39.6 Å². The van der Waals surface area contributed by atoms with Crippen molar-refractivity contribution in [2.75, 3.05) is 11.9 Å². The number of nitrogens with zero attached hydrogens (tertiary/aromatic N) is 1. The molecular formula is C26H26BrN3O4. The lowest BCUT2D eigenvalue weighted by Gasteiger charge is -2.14. The van der Waals surface area contributed by atoms with E-state index in [4.69, 9.17) is 9.47 Å². The highest BCUT2D eigenvalue weighted by molar-refractivity contribution is 9.10. The quantitative estimate of drug-likeness (QED) is 0.243. The van der Waals surface area contributed by atoms with Gasteiger partial charge in [0, 0.05) is 5.69 Å². The first-order valence-electron chi connectivity index (χ1n) is 10.7. The number of halogens is 1. The highest BCUT2D eigenvalue weighted by Crippen LogP contribution is 2.37. The summed E-state index contributed by atoms with van der Waals surface area (Å²) in [4.78, 5) is 24.3. The van der Waals surface area contributed by atoms with Gasteiger partial charge in [0.2, 0.25) is 0 Å². The average molecular weight is 524 g/mol. The number of hydrazone groups is 1. The second-order valence-electron chi connectivity index (χ2n) is 7.51. The lowest BCUT2D eigenvalue weighted by molar-refractivity contribution is -0.136. The van der Waals surface area contributed by atoms with Gasteiger partial charge in [-0.25, -0.2) is 5.43 Å². The first-order valence-corrected chi connectivity index (χ1v) is 11.5. The van der Waals surface area contributed by atoms with Gasteiger partial charge in [-0.3, -0.25) is 9.59 Å². The second kappa shape index (κ2) is 12.0. The fourth-order valence-electron chi connectivity index (χ4n) is 3.14. The standard InChI is InChI=1S/C26H26BrN3O4/c1-4-33-23-14-20(13-21(27)24(23)34-16-19-8-6-5-7-9-19)15-28-30-26(32)25(31)29-22-11-10-17(2)12-18(22)3/h5-15H,4,16H2,1-3H3,(H,29,31)(H,30,32)/b28-15+. The van der Waals surface area contributed by atoms with E-state index in [9.17, 15) is 9.59 Å². The molecule has 3 aromatic carbocycles. The number of hydrogen-bond donors (Lipinski definition) is 2. The number of nitrogens with one attached hydrogen (secondary N) is 2. The van der Waals surface area contributed by atoms with Gasteiger partial charge in [0.05, 0.1) is 17.3 Å². The number of carbonyl (C=O) groups excluding carboxylic acids is 2. The molecule has 2 amide bonds. The van der Waals surface area contributed by atoms with Gasteiger partial charge in [-0.1, -0.05) is 48.0 Å². The van der Waals surface area contributed by atoms with Crippen LogP contribution in [-0.2, 0) is 16.2 Å². The van der Waals surface area contributed by atoms with Crippen LogP contribution in [0, 0.1) is 13.8 Å². The normalized spacial score (nSPS) is 10.7. The van der Waals surface area contributed by atoms with Crippen LogP contribution in [0.1, 0.15) is 29.2 Å². The molecule has 3 rings (SSSR count). The number of amides is 2. The summed E-state index contributed by atoms with van der Waals surface area (Å²) >= 11 is 3.52. The summed E-state index contributed by atoms with van der Waals surface area (Å²) in [5, 5.41) is 6.49. The molecule has 3 aromatic rings. The third-order valence-corrected chi connectivity index (χ3v) is 5.36. The third-order valence-electron chi connectivity index (χ3n) is 4.77. The van der Waals surface area contributed by atoms with Gasteiger partial charge >= 0.3 is 11.8 Å². The lowest BCUT2D eigenvalue weighted by Crippen LogP contribution is -2.32. The zero-order valence-corrected chi connectivity index (χ0v) is 20.8. The smallest absolute Gasteiger partial charge is 0.329 e. The lowest BCUT2D eigenvalue weighted by atomic mass is 10.1. The zero-order valence-electron chi connectivity index (χ0n) is 19.2. The Balaban J connectivity index is 1.65. The van der Waals surface area contributed by atoms with Crippen LogP contribution in [0.3, 0.4) is 0 Å². The van der Waals surface area contributed by atoms with Crippen LogP contribution in [0.4, 0.5) is 5.69 Å². The molecule has 0 spiro atoms. The summed E-state index contributed by atoms with van der Waals surface area (Å²) in [6.07, 6.45) is 1.43. The van der Waals surface area contributed by atoms with E-state index in [-0.39, 0.29) is 0 Å². The summed E-state index contributed by atoms with van der Waals surface area (Å²) in [6, 6.07) is 18.9. The fourth-order valence-corrected chi connectivity index (χ4v) is 3.72. The average Bonchev–Trinajstić information content (AvgIpc) is 2.81. The number of benzene rings is 3. The van der Waals surface area contributed by atoms with Gasteiger partial charge < -0.3 is 14.8 Å². The second-order valence-corrected chi connectivity index (χ2v) is 8.36. The molecule has 7 nitrogen and oxygen atoms in total. The Morgan fingerprint density at radius 1 is 1.00 bits per heavy atom. The van der Waals surface area contributed by atoms with E-state index in [1.807, 2.05) is 63.2 Å². The number of aryl methyl sites for hydroxylation is 2. The van der Waals surface area contributed by atoms with Gasteiger partial charge in [-0.15, -0.1) is 0 Å². The van der Waals surface area contributed by atoms with E-state index in [0.717, 1.165) is 16.7 Å². The molecular weight excluding hydrogens is 498 g/mol. The maximum atomic E-state index is 12.2. The van der Waals surface area contributed by atoms with Crippen LogP contribution in [0.2, 0.25) is 0 Å². The number of rotatable bonds is 8. The van der Waals surface area contributed by atoms with Crippen LogP contribution in [0.25, 0.3) is 0 Å². The van der Waals surface area contributed by atoms with Crippen LogP contribution in [-0.4, -0.2) is 24.6 Å². The van der Waals surface area contributed by atoms with Crippen molar-refractivity contribution in [3.05, 3.63) is 87.4 Å². The summed E-state index contributed by atoms with van der Waals surface area (Å²) in [6.45, 7) is 6.53. The third kappa shape index (κ3) is 6.92. The van der Waals surface area contributed by atoms with Crippen molar-refractivity contribution in [2.24, 2.45) is 5.10 Å². The fraction of sp³-hybridized carbons (Fsp3) is 0.192. The van der Waals surface area contributed by atoms with Crippen molar-refractivity contribution in [1.29, 1.82) is 0 Å². The van der Waals surface area contributed by atoms with Gasteiger partial charge in [0.15, 0.2) is 11.5 Å². The number of anilines is 1. The minimum absolute atomic E-state index is 0.387. The molecule has 0 unspecified atom stereocenters. The van der Waals surface area contributed by atoms with Gasteiger partial charge in [-0.05, 0) is 71.6 Å². The van der Waals surface area contributed by atoms with E-state index in [1.165, 1.54) is 6.21 Å². The highest BCUT2D eigenvalue weighted by Gasteiger charge is 2.15. The predicted molar refractivity (Wildman–Crippen MR) is 136 cm³/mol. The molecule has 0 aliphatic carbocycles. The molecule has 0 radical (unpaired) electrons. The van der Waals surface area contributed by atoms with Crippen molar-refractivity contribution in [2.45, 2.75) is 27.4 Å². The van der Waals surface area contributed by atoms with E-state index in [0.29, 0.717) is 40.4 Å². The Morgan fingerprint density at radius 2 is 1.76 bits per heavy atom. The molecule has 0 aliphatic heterocycles. The molecule has 0 aromatic heterocycles. The van der Waals surface area contributed by atoms with Crippen LogP contribution < -0.4 is 20.2 Å². The minimum Gasteiger partial charge on any atom is -0.490 e. The molecule has 0 atom stereocenters. The van der Waals surface area contributed by atoms with E-state index in [2.05, 4.69) is 31.8 Å². The van der Waals surface area contributed by atoms with E-state index in [1.54, 1.807) is 18.2 Å². The SMILES string of the molecule is CCOc1cc(/C=N/NC(=O)C(=O)Nc2ccc(C)cc2C)cc(Br)c1OCc1ccccc1.